The average molecular weight is 213 g/mol. The second-order valence-corrected chi connectivity index (χ2v) is 4.66. The van der Waals surface area contributed by atoms with Crippen LogP contribution in [0.4, 0.5) is 0 Å². The van der Waals surface area contributed by atoms with Crippen molar-refractivity contribution in [1.82, 2.24) is 5.32 Å². The highest BCUT2D eigenvalue weighted by Gasteiger charge is 2.04. The Hall–Kier alpha value is -0.0400. The fraction of sp³-hybridized carbons (Fsp3) is 1.00. The van der Waals surface area contributed by atoms with Crippen LogP contribution in [0.5, 0.6) is 0 Å². The van der Waals surface area contributed by atoms with Gasteiger partial charge in [0.05, 0.1) is 0 Å². The van der Waals surface area contributed by atoms with Crippen molar-refractivity contribution in [2.24, 2.45) is 5.92 Å². The van der Waals surface area contributed by atoms with Gasteiger partial charge < -0.3 is 5.32 Å². The molecule has 0 rings (SSSR count). The van der Waals surface area contributed by atoms with Gasteiger partial charge in [-0.25, -0.2) is 0 Å². The molecule has 0 heterocycles. The van der Waals surface area contributed by atoms with Crippen LogP contribution < -0.4 is 5.32 Å². The van der Waals surface area contributed by atoms with Gasteiger partial charge >= 0.3 is 0 Å². The van der Waals surface area contributed by atoms with E-state index in [0.29, 0.717) is 0 Å². The average Bonchev–Trinajstić information content (AvgIpc) is 2.27. The molecule has 0 saturated heterocycles. The number of hydrogen-bond acceptors (Lipinski definition) is 1. The smallest absolute Gasteiger partial charge is 0.00489 e. The lowest BCUT2D eigenvalue weighted by atomic mass is 9.94. The summed E-state index contributed by atoms with van der Waals surface area (Å²) in [7, 11) is 0. The largest absolute Gasteiger partial charge is 0.317 e. The Bertz CT molecular complexity index is 112. The SMILES string of the molecule is CCCCC(CC)CCCCNCCC. The normalized spacial score (nSPS) is 13.0. The van der Waals surface area contributed by atoms with E-state index < -0.39 is 0 Å². The Morgan fingerprint density at radius 2 is 1.53 bits per heavy atom. The molecule has 0 bridgehead atoms. The van der Waals surface area contributed by atoms with Crippen molar-refractivity contribution in [1.29, 1.82) is 0 Å². The molecular weight excluding hydrogens is 182 g/mol. The van der Waals surface area contributed by atoms with Gasteiger partial charge in [-0.3, -0.25) is 0 Å². The lowest BCUT2D eigenvalue weighted by Gasteiger charge is -2.13. The van der Waals surface area contributed by atoms with Crippen LogP contribution in [-0.4, -0.2) is 13.1 Å². The topological polar surface area (TPSA) is 12.0 Å². The monoisotopic (exact) mass is 213 g/mol. The Morgan fingerprint density at radius 1 is 0.800 bits per heavy atom. The van der Waals surface area contributed by atoms with Crippen LogP contribution in [0.3, 0.4) is 0 Å². The molecule has 0 radical (unpaired) electrons. The lowest BCUT2D eigenvalue weighted by molar-refractivity contribution is 0.402. The summed E-state index contributed by atoms with van der Waals surface area (Å²) in [4.78, 5) is 0. The zero-order chi connectivity index (χ0) is 11.4. The van der Waals surface area contributed by atoms with E-state index in [2.05, 4.69) is 26.1 Å². The maximum absolute atomic E-state index is 3.47. The Kier molecular flexibility index (Phi) is 12.0. The van der Waals surface area contributed by atoms with Crippen molar-refractivity contribution in [3.8, 4) is 0 Å². The van der Waals surface area contributed by atoms with Crippen LogP contribution in [0.15, 0.2) is 0 Å². The zero-order valence-electron chi connectivity index (χ0n) is 11.1. The summed E-state index contributed by atoms with van der Waals surface area (Å²) in [6, 6.07) is 0. The first kappa shape index (κ1) is 15.0. The number of rotatable bonds is 11. The van der Waals surface area contributed by atoms with Gasteiger partial charge in [-0.1, -0.05) is 59.3 Å². The molecule has 1 atom stereocenters. The zero-order valence-corrected chi connectivity index (χ0v) is 11.1. The molecule has 92 valence electrons. The number of nitrogens with one attached hydrogen (secondary N) is 1. The highest BCUT2D eigenvalue weighted by atomic mass is 14.8. The van der Waals surface area contributed by atoms with Crippen molar-refractivity contribution in [3.05, 3.63) is 0 Å². The molecule has 0 amide bonds. The Morgan fingerprint density at radius 3 is 2.13 bits per heavy atom. The first-order valence-electron chi connectivity index (χ1n) is 7.05. The minimum Gasteiger partial charge on any atom is -0.317 e. The van der Waals surface area contributed by atoms with E-state index in [-0.39, 0.29) is 0 Å². The molecule has 1 nitrogen and oxygen atoms in total. The highest BCUT2D eigenvalue weighted by Crippen LogP contribution is 2.18. The van der Waals surface area contributed by atoms with Crippen molar-refractivity contribution < 1.29 is 0 Å². The van der Waals surface area contributed by atoms with Gasteiger partial charge in [0.1, 0.15) is 0 Å². The van der Waals surface area contributed by atoms with Gasteiger partial charge in [-0.2, -0.15) is 0 Å². The van der Waals surface area contributed by atoms with Gasteiger partial charge in [0.15, 0.2) is 0 Å². The third-order valence-corrected chi connectivity index (χ3v) is 3.19. The third-order valence-electron chi connectivity index (χ3n) is 3.19. The molecule has 15 heavy (non-hydrogen) atoms. The van der Waals surface area contributed by atoms with Crippen molar-refractivity contribution >= 4 is 0 Å². The van der Waals surface area contributed by atoms with E-state index in [1.54, 1.807) is 0 Å². The summed E-state index contributed by atoms with van der Waals surface area (Å²) >= 11 is 0. The maximum atomic E-state index is 3.47. The summed E-state index contributed by atoms with van der Waals surface area (Å²) in [6.07, 6.45) is 11.1. The first-order valence-corrected chi connectivity index (χ1v) is 7.05. The number of hydrogen-bond donors (Lipinski definition) is 1. The van der Waals surface area contributed by atoms with Gasteiger partial charge in [0, 0.05) is 0 Å². The van der Waals surface area contributed by atoms with Crippen LogP contribution in [0, 0.1) is 5.92 Å². The van der Waals surface area contributed by atoms with Crippen molar-refractivity contribution in [2.45, 2.75) is 72.1 Å². The van der Waals surface area contributed by atoms with Crippen LogP contribution >= 0.6 is 0 Å². The molecular formula is C14H31N. The molecule has 0 aliphatic heterocycles. The first-order chi connectivity index (χ1) is 7.35. The summed E-state index contributed by atoms with van der Waals surface area (Å²) in [5, 5.41) is 3.47. The summed E-state index contributed by atoms with van der Waals surface area (Å²) in [5.74, 6) is 0.996. The second kappa shape index (κ2) is 12.0. The fourth-order valence-electron chi connectivity index (χ4n) is 2.03. The molecule has 0 spiro atoms. The van der Waals surface area contributed by atoms with E-state index in [4.69, 9.17) is 0 Å². The van der Waals surface area contributed by atoms with Crippen LogP contribution in [0.1, 0.15) is 72.1 Å². The molecule has 1 unspecified atom stereocenters. The molecule has 0 aliphatic rings. The van der Waals surface area contributed by atoms with E-state index in [0.717, 1.165) is 5.92 Å². The fourth-order valence-corrected chi connectivity index (χ4v) is 2.03. The van der Waals surface area contributed by atoms with Gasteiger partial charge in [-0.15, -0.1) is 0 Å². The third kappa shape index (κ3) is 10.2. The molecule has 0 aromatic heterocycles. The summed E-state index contributed by atoms with van der Waals surface area (Å²) < 4.78 is 0. The molecule has 0 aliphatic carbocycles. The highest BCUT2D eigenvalue weighted by molar-refractivity contribution is 4.58. The van der Waals surface area contributed by atoms with E-state index in [1.165, 1.54) is 64.5 Å². The summed E-state index contributed by atoms with van der Waals surface area (Å²) in [5.41, 5.74) is 0. The predicted octanol–water partition coefficient (Wildman–Crippen LogP) is 4.37. The van der Waals surface area contributed by atoms with Crippen LogP contribution in [-0.2, 0) is 0 Å². The Balaban J connectivity index is 3.22. The maximum Gasteiger partial charge on any atom is -0.00489 e. The van der Waals surface area contributed by atoms with Crippen molar-refractivity contribution in [2.75, 3.05) is 13.1 Å². The molecule has 0 aromatic carbocycles. The summed E-state index contributed by atoms with van der Waals surface area (Å²) in [6.45, 7) is 9.27. The molecule has 0 saturated carbocycles. The molecule has 1 heteroatoms. The van der Waals surface area contributed by atoms with Gasteiger partial charge in [-0.05, 0) is 31.8 Å². The van der Waals surface area contributed by atoms with Crippen molar-refractivity contribution in [3.63, 3.8) is 0 Å². The lowest BCUT2D eigenvalue weighted by Crippen LogP contribution is -2.16. The minimum atomic E-state index is 0.996. The van der Waals surface area contributed by atoms with Gasteiger partial charge in [0.2, 0.25) is 0 Å². The quantitative estimate of drug-likeness (QED) is 0.502. The van der Waals surface area contributed by atoms with Crippen LogP contribution in [0.25, 0.3) is 0 Å². The number of unbranched alkanes of at least 4 members (excludes halogenated alkanes) is 2. The van der Waals surface area contributed by atoms with Gasteiger partial charge in [0.25, 0.3) is 0 Å². The van der Waals surface area contributed by atoms with Crippen LogP contribution in [0.2, 0.25) is 0 Å². The van der Waals surface area contributed by atoms with E-state index >= 15 is 0 Å². The minimum absolute atomic E-state index is 0.996. The van der Waals surface area contributed by atoms with E-state index in [1.807, 2.05) is 0 Å². The molecule has 1 N–H and O–H groups in total. The predicted molar refractivity (Wildman–Crippen MR) is 70.3 cm³/mol. The molecule has 0 aromatic rings. The standard InChI is InChI=1S/C14H31N/c1-4-7-10-14(6-3)11-8-9-13-15-12-5-2/h14-15H,4-13H2,1-3H3. The second-order valence-electron chi connectivity index (χ2n) is 4.66. The molecule has 0 fully saturated rings. The Labute approximate surface area is 97.0 Å². The van der Waals surface area contributed by atoms with E-state index in [9.17, 15) is 0 Å².